The Morgan fingerprint density at radius 2 is 1.86 bits per heavy atom. The van der Waals surface area contributed by atoms with Crippen molar-refractivity contribution in [1.29, 1.82) is 0 Å². The first-order valence-corrected chi connectivity index (χ1v) is 7.01. The van der Waals surface area contributed by atoms with Crippen LogP contribution in [-0.4, -0.2) is 9.97 Å². The van der Waals surface area contributed by atoms with Crippen LogP contribution >= 0.6 is 15.9 Å². The van der Waals surface area contributed by atoms with E-state index in [-0.39, 0.29) is 5.56 Å². The van der Waals surface area contributed by atoms with Gasteiger partial charge in [0.15, 0.2) is 0 Å². The minimum absolute atomic E-state index is 0.279. The highest BCUT2D eigenvalue weighted by Crippen LogP contribution is 2.33. The maximum absolute atomic E-state index is 13.6. The van der Waals surface area contributed by atoms with Crippen LogP contribution in [0.25, 0.3) is 11.3 Å². The Labute approximate surface area is 127 Å². The third-order valence-electron chi connectivity index (χ3n) is 2.79. The highest BCUT2D eigenvalue weighted by Gasteiger charge is 2.34. The number of halogens is 5. The summed E-state index contributed by atoms with van der Waals surface area (Å²) in [4.78, 5) is 8.40. The lowest BCUT2D eigenvalue weighted by molar-refractivity contribution is -0.139. The van der Waals surface area contributed by atoms with Gasteiger partial charge in [0, 0.05) is 12.0 Å². The first-order valence-electron chi connectivity index (χ1n) is 6.22. The number of alkyl halides is 3. The molecule has 0 amide bonds. The summed E-state index contributed by atoms with van der Waals surface area (Å²) in [7, 11) is 0. The SMILES string of the molecule is CCCc1nc(Br)cc(-c2ccc(C(F)(F)F)c(F)c2)n1. The molecule has 2 aromatic rings. The van der Waals surface area contributed by atoms with Crippen molar-refractivity contribution in [2.75, 3.05) is 0 Å². The summed E-state index contributed by atoms with van der Waals surface area (Å²) < 4.78 is 51.7. The van der Waals surface area contributed by atoms with Crippen molar-refractivity contribution in [1.82, 2.24) is 9.97 Å². The summed E-state index contributed by atoms with van der Waals surface area (Å²) in [6, 6.07) is 4.31. The van der Waals surface area contributed by atoms with Crippen LogP contribution in [-0.2, 0) is 12.6 Å². The molecule has 7 heteroatoms. The largest absolute Gasteiger partial charge is 0.419 e. The van der Waals surface area contributed by atoms with E-state index in [9.17, 15) is 17.6 Å². The van der Waals surface area contributed by atoms with Gasteiger partial charge in [0.2, 0.25) is 0 Å². The maximum atomic E-state index is 13.6. The van der Waals surface area contributed by atoms with Crippen molar-refractivity contribution in [2.45, 2.75) is 25.9 Å². The molecular formula is C14H11BrF4N2. The molecular weight excluding hydrogens is 352 g/mol. The Morgan fingerprint density at radius 1 is 1.14 bits per heavy atom. The molecule has 0 aliphatic carbocycles. The van der Waals surface area contributed by atoms with Crippen molar-refractivity contribution >= 4 is 15.9 Å². The van der Waals surface area contributed by atoms with Gasteiger partial charge in [-0.05, 0) is 40.5 Å². The van der Waals surface area contributed by atoms with E-state index < -0.39 is 17.6 Å². The van der Waals surface area contributed by atoms with Gasteiger partial charge in [-0.1, -0.05) is 13.0 Å². The monoisotopic (exact) mass is 362 g/mol. The van der Waals surface area contributed by atoms with Gasteiger partial charge in [-0.25, -0.2) is 14.4 Å². The Morgan fingerprint density at radius 3 is 2.43 bits per heavy atom. The molecule has 0 N–H and O–H groups in total. The van der Waals surface area contributed by atoms with E-state index in [2.05, 4.69) is 25.9 Å². The molecule has 0 fully saturated rings. The second-order valence-electron chi connectivity index (χ2n) is 4.43. The van der Waals surface area contributed by atoms with Crippen molar-refractivity contribution in [3.05, 3.63) is 46.1 Å². The molecule has 0 saturated carbocycles. The average molecular weight is 363 g/mol. The Kier molecular flexibility index (Phi) is 4.61. The smallest absolute Gasteiger partial charge is 0.233 e. The van der Waals surface area contributed by atoms with Gasteiger partial charge in [0.05, 0.1) is 11.3 Å². The van der Waals surface area contributed by atoms with Gasteiger partial charge in [0.1, 0.15) is 16.2 Å². The maximum Gasteiger partial charge on any atom is 0.419 e. The van der Waals surface area contributed by atoms with Crippen molar-refractivity contribution < 1.29 is 17.6 Å². The standard InChI is InChI=1S/C14H11BrF4N2/c1-2-3-13-20-11(7-12(15)21-13)8-4-5-9(10(16)6-8)14(17,18)19/h4-7H,2-3H2,1H3. The van der Waals surface area contributed by atoms with Crippen LogP contribution in [0.1, 0.15) is 24.7 Å². The summed E-state index contributed by atoms with van der Waals surface area (Å²) in [5, 5.41) is 0. The number of aromatic nitrogens is 2. The molecule has 21 heavy (non-hydrogen) atoms. The lowest BCUT2D eigenvalue weighted by Crippen LogP contribution is -2.08. The van der Waals surface area contributed by atoms with Crippen molar-refractivity contribution in [3.63, 3.8) is 0 Å². The topological polar surface area (TPSA) is 25.8 Å². The average Bonchev–Trinajstić information content (AvgIpc) is 2.36. The first kappa shape index (κ1) is 15.9. The van der Waals surface area contributed by atoms with Crippen LogP contribution in [0.5, 0.6) is 0 Å². The number of aryl methyl sites for hydroxylation is 1. The Balaban J connectivity index is 2.45. The van der Waals surface area contributed by atoms with Crippen LogP contribution in [0.2, 0.25) is 0 Å². The molecule has 2 nitrogen and oxygen atoms in total. The summed E-state index contributed by atoms with van der Waals surface area (Å²) in [6.07, 6.45) is -3.24. The summed E-state index contributed by atoms with van der Waals surface area (Å²) >= 11 is 3.22. The van der Waals surface area contributed by atoms with E-state index in [1.54, 1.807) is 6.07 Å². The molecule has 0 spiro atoms. The fourth-order valence-electron chi connectivity index (χ4n) is 1.85. The van der Waals surface area contributed by atoms with Crippen molar-refractivity contribution in [3.8, 4) is 11.3 Å². The summed E-state index contributed by atoms with van der Waals surface area (Å²) in [5.41, 5.74) is -0.623. The fourth-order valence-corrected chi connectivity index (χ4v) is 2.27. The second kappa shape index (κ2) is 6.09. The molecule has 0 saturated heterocycles. The fraction of sp³-hybridized carbons (Fsp3) is 0.286. The number of hydrogen-bond acceptors (Lipinski definition) is 2. The lowest BCUT2D eigenvalue weighted by atomic mass is 10.1. The van der Waals surface area contributed by atoms with Crippen molar-refractivity contribution in [2.24, 2.45) is 0 Å². The zero-order valence-electron chi connectivity index (χ0n) is 11.0. The van der Waals surface area contributed by atoms with Crippen LogP contribution in [0, 0.1) is 5.82 Å². The van der Waals surface area contributed by atoms with E-state index in [0.717, 1.165) is 18.6 Å². The highest BCUT2D eigenvalue weighted by molar-refractivity contribution is 9.10. The Hall–Kier alpha value is -1.50. The van der Waals surface area contributed by atoms with E-state index >= 15 is 0 Å². The summed E-state index contributed by atoms with van der Waals surface area (Å²) in [5.74, 6) is -0.756. The number of benzene rings is 1. The first-order chi connectivity index (χ1) is 9.81. The zero-order valence-corrected chi connectivity index (χ0v) is 12.6. The van der Waals surface area contributed by atoms with Gasteiger partial charge in [-0.15, -0.1) is 0 Å². The molecule has 1 heterocycles. The Bertz CT molecular complexity index is 656. The molecule has 0 aliphatic heterocycles. The second-order valence-corrected chi connectivity index (χ2v) is 5.25. The summed E-state index contributed by atoms with van der Waals surface area (Å²) in [6.45, 7) is 1.96. The minimum atomic E-state index is -4.71. The molecule has 0 atom stereocenters. The predicted molar refractivity (Wildman–Crippen MR) is 74.1 cm³/mol. The molecule has 112 valence electrons. The van der Waals surface area contributed by atoms with Gasteiger partial charge in [0.25, 0.3) is 0 Å². The van der Waals surface area contributed by atoms with Gasteiger partial charge in [-0.3, -0.25) is 0 Å². The van der Waals surface area contributed by atoms with Gasteiger partial charge in [-0.2, -0.15) is 13.2 Å². The molecule has 0 bridgehead atoms. The molecule has 2 rings (SSSR count). The van der Waals surface area contributed by atoms with Gasteiger partial charge >= 0.3 is 6.18 Å². The minimum Gasteiger partial charge on any atom is -0.233 e. The lowest BCUT2D eigenvalue weighted by Gasteiger charge is -2.10. The normalized spacial score (nSPS) is 11.7. The van der Waals surface area contributed by atoms with E-state index in [0.29, 0.717) is 22.5 Å². The molecule has 0 radical (unpaired) electrons. The molecule has 1 aromatic heterocycles. The highest BCUT2D eigenvalue weighted by atomic mass is 79.9. The van der Waals surface area contributed by atoms with Gasteiger partial charge < -0.3 is 0 Å². The quantitative estimate of drug-likeness (QED) is 0.566. The van der Waals surface area contributed by atoms with E-state index in [1.165, 1.54) is 6.07 Å². The number of hydrogen-bond donors (Lipinski definition) is 0. The number of rotatable bonds is 3. The van der Waals surface area contributed by atoms with E-state index in [1.807, 2.05) is 6.92 Å². The van der Waals surface area contributed by atoms with E-state index in [4.69, 9.17) is 0 Å². The molecule has 0 aliphatic rings. The third kappa shape index (κ3) is 3.78. The predicted octanol–water partition coefficient (Wildman–Crippen LogP) is 5.02. The molecule has 1 aromatic carbocycles. The van der Waals surface area contributed by atoms with Crippen LogP contribution in [0.3, 0.4) is 0 Å². The van der Waals surface area contributed by atoms with Crippen LogP contribution in [0.15, 0.2) is 28.9 Å². The zero-order chi connectivity index (χ0) is 15.6. The third-order valence-corrected chi connectivity index (χ3v) is 3.19. The number of nitrogens with zero attached hydrogens (tertiary/aromatic N) is 2. The van der Waals surface area contributed by atoms with Crippen LogP contribution < -0.4 is 0 Å². The molecule has 0 unspecified atom stereocenters. The van der Waals surface area contributed by atoms with Crippen LogP contribution in [0.4, 0.5) is 17.6 Å².